The van der Waals surface area contributed by atoms with Crippen molar-refractivity contribution in [2.75, 3.05) is 12.5 Å². The maximum absolute atomic E-state index is 9.19. The number of benzene rings is 4. The molecule has 0 aliphatic carbocycles. The van der Waals surface area contributed by atoms with Gasteiger partial charge in [-0.1, -0.05) is 48.5 Å². The molecule has 4 aromatic carbocycles. The number of hydrogen-bond acceptors (Lipinski definition) is 4. The summed E-state index contributed by atoms with van der Waals surface area (Å²) in [6.07, 6.45) is 1.43. The van der Waals surface area contributed by atoms with Gasteiger partial charge in [0.25, 0.3) is 20.2 Å². The molecule has 0 fully saturated rings. The van der Waals surface area contributed by atoms with Crippen LogP contribution in [0, 0.1) is 12.1 Å². The van der Waals surface area contributed by atoms with E-state index in [0.29, 0.717) is 23.9 Å². The number of nitrogens with one attached hydrogen (secondary N) is 2. The molecule has 0 heterocycles. The van der Waals surface area contributed by atoms with Crippen LogP contribution in [0.4, 0.5) is 11.4 Å². The minimum Gasteiger partial charge on any atom is -0.706 e. The largest absolute Gasteiger partial charge is 2.00 e. The van der Waals surface area contributed by atoms with Gasteiger partial charge in [0.1, 0.15) is 0 Å². The van der Waals surface area contributed by atoms with Gasteiger partial charge in [-0.2, -0.15) is 28.2 Å². The van der Waals surface area contributed by atoms with Crippen LogP contribution in [-0.2, 0) is 61.1 Å². The fraction of sp³-hybridized carbons (Fsp3) is 0.0769. The van der Waals surface area contributed by atoms with Gasteiger partial charge in [0, 0.05) is 0 Å². The first-order valence-electron chi connectivity index (χ1n) is 10.2. The van der Waals surface area contributed by atoms with Gasteiger partial charge >= 0.3 is 40.8 Å². The summed E-state index contributed by atoms with van der Waals surface area (Å²) in [6, 6.07) is 36.7. The van der Waals surface area contributed by atoms with E-state index in [4.69, 9.17) is 20.6 Å². The summed E-state index contributed by atoms with van der Waals surface area (Å²) in [7, 11) is -7.33. The van der Waals surface area contributed by atoms with E-state index in [-0.39, 0.29) is 40.8 Å². The monoisotopic (exact) mass is 738 g/mol. The predicted molar refractivity (Wildman–Crippen MR) is 144 cm³/mol. The molecular weight excluding hydrogens is 713 g/mol. The third-order valence-electron chi connectivity index (χ3n) is 3.85. The van der Waals surface area contributed by atoms with E-state index in [1.165, 1.54) is 0 Å². The Kier molecular flexibility index (Phi) is 18.7. The molecule has 0 bridgehead atoms. The summed E-state index contributed by atoms with van der Waals surface area (Å²) < 4.78 is 51.7. The Morgan fingerprint density at radius 1 is 0.553 bits per heavy atom. The Labute approximate surface area is 252 Å². The maximum Gasteiger partial charge on any atom is 2.00 e. The number of rotatable bonds is 2. The zero-order chi connectivity index (χ0) is 27.2. The molecule has 0 aliphatic heterocycles. The second-order valence-electron chi connectivity index (χ2n) is 7.11. The molecule has 12 heteroatoms. The van der Waals surface area contributed by atoms with Gasteiger partial charge in [0.15, 0.2) is 0 Å². The average Bonchev–Trinajstić information content (AvgIpc) is 2.79. The molecule has 0 atom stereocenters. The number of hydrogen-bond donors (Lipinski definition) is 2. The van der Waals surface area contributed by atoms with Crippen LogP contribution in [0.2, 0.25) is 0 Å². The third kappa shape index (κ3) is 18.8. The van der Waals surface area contributed by atoms with Crippen molar-refractivity contribution in [3.05, 3.63) is 121 Å². The van der Waals surface area contributed by atoms with Crippen molar-refractivity contribution in [1.29, 1.82) is 0 Å². The van der Waals surface area contributed by atoms with Crippen LogP contribution < -0.4 is 0 Å². The molecule has 4 N–H and O–H groups in total. The Balaban J connectivity index is 0. The first-order valence-corrected chi connectivity index (χ1v) is 13.9. The fourth-order valence-corrected chi connectivity index (χ4v) is 2.56. The molecule has 4 rings (SSSR count). The summed E-state index contributed by atoms with van der Waals surface area (Å²) >= 11 is 0. The molecule has 0 saturated carbocycles. The SMILES string of the molecule is CS(=O)(=O)O.CS(=O)(=O)O.[NH-]c1ccccc1-c1[c-]cccc1.[NH-]c1ccccc1-c1[c-]cccc1.[Pd+2].[Pd+2]. The molecule has 8 nitrogen and oxygen atoms in total. The van der Waals surface area contributed by atoms with Crippen molar-refractivity contribution >= 4 is 31.6 Å². The van der Waals surface area contributed by atoms with Crippen molar-refractivity contribution in [1.82, 2.24) is 0 Å². The van der Waals surface area contributed by atoms with Crippen LogP contribution in [-0.4, -0.2) is 38.5 Å². The molecule has 0 amide bonds. The maximum atomic E-state index is 9.19. The van der Waals surface area contributed by atoms with Gasteiger partial charge in [-0.05, 0) is 0 Å². The van der Waals surface area contributed by atoms with Crippen molar-refractivity contribution in [2.45, 2.75) is 0 Å². The fourth-order valence-electron chi connectivity index (χ4n) is 2.56. The standard InChI is InChI=1S/2C12H9N.2CH4O3S.2Pd/c2*13-12-9-5-4-8-11(12)10-6-2-1-3-7-10;2*1-5(2,3)4;;/h2*1-6,8-9,13H;2*1H3,(H,2,3,4);;/q2*-2;;;2*+2. The first-order chi connectivity index (χ1) is 16.8. The predicted octanol–water partition coefficient (Wildman–Crippen LogP) is 6.68. The van der Waals surface area contributed by atoms with E-state index < -0.39 is 20.2 Å². The molecule has 0 saturated heterocycles. The van der Waals surface area contributed by atoms with Crippen LogP contribution in [0.15, 0.2) is 97.1 Å². The van der Waals surface area contributed by atoms with Gasteiger partial charge in [0.05, 0.1) is 12.5 Å². The molecule has 0 radical (unpaired) electrons. The van der Waals surface area contributed by atoms with Crippen molar-refractivity contribution in [2.24, 2.45) is 0 Å². The summed E-state index contributed by atoms with van der Waals surface area (Å²) in [5.74, 6) is 0. The second-order valence-corrected chi connectivity index (χ2v) is 10.0. The Bertz CT molecular complexity index is 1300. The summed E-state index contributed by atoms with van der Waals surface area (Å²) in [5.41, 5.74) is 20.3. The Morgan fingerprint density at radius 3 is 1.05 bits per heavy atom. The molecule has 4 aromatic rings. The van der Waals surface area contributed by atoms with Crippen LogP contribution in [0.3, 0.4) is 0 Å². The summed E-state index contributed by atoms with van der Waals surface area (Å²) in [4.78, 5) is 0. The summed E-state index contributed by atoms with van der Waals surface area (Å²) in [5, 5.41) is 0. The van der Waals surface area contributed by atoms with Gasteiger partial charge < -0.3 is 11.5 Å². The third-order valence-corrected chi connectivity index (χ3v) is 3.85. The topological polar surface area (TPSA) is 156 Å². The molecular formula is C26H26N2O6Pd2S2. The van der Waals surface area contributed by atoms with Crippen LogP contribution in [0.25, 0.3) is 33.7 Å². The minimum absolute atomic E-state index is 0. The average molecular weight is 739 g/mol. The first kappa shape index (κ1) is 37.8. The van der Waals surface area contributed by atoms with Crippen molar-refractivity contribution in [3.8, 4) is 22.3 Å². The van der Waals surface area contributed by atoms with Crippen LogP contribution in [0.1, 0.15) is 0 Å². The van der Waals surface area contributed by atoms with Crippen LogP contribution >= 0.6 is 0 Å². The van der Waals surface area contributed by atoms with Crippen molar-refractivity contribution in [3.63, 3.8) is 0 Å². The minimum atomic E-state index is -3.67. The molecule has 38 heavy (non-hydrogen) atoms. The van der Waals surface area contributed by atoms with E-state index in [1.807, 2.05) is 84.9 Å². The Morgan fingerprint density at radius 2 is 0.816 bits per heavy atom. The van der Waals surface area contributed by atoms with Crippen LogP contribution in [0.5, 0.6) is 0 Å². The van der Waals surface area contributed by atoms with E-state index in [9.17, 15) is 16.8 Å². The molecule has 208 valence electrons. The second kappa shape index (κ2) is 18.8. The zero-order valence-corrected chi connectivity index (χ0v) is 25.0. The van der Waals surface area contributed by atoms with E-state index in [1.54, 1.807) is 12.1 Å². The van der Waals surface area contributed by atoms with Gasteiger partial charge in [-0.15, -0.1) is 82.9 Å². The van der Waals surface area contributed by atoms with E-state index in [0.717, 1.165) is 22.3 Å². The van der Waals surface area contributed by atoms with Gasteiger partial charge in [0.2, 0.25) is 0 Å². The summed E-state index contributed by atoms with van der Waals surface area (Å²) in [6.45, 7) is 0. The zero-order valence-electron chi connectivity index (χ0n) is 20.2. The van der Waals surface area contributed by atoms with Gasteiger partial charge in [-0.25, -0.2) is 0 Å². The quantitative estimate of drug-likeness (QED) is 0.133. The van der Waals surface area contributed by atoms with E-state index >= 15 is 0 Å². The molecule has 0 spiro atoms. The molecule has 0 aromatic heterocycles. The Hall–Kier alpha value is -2.38. The molecule has 0 unspecified atom stereocenters. The van der Waals surface area contributed by atoms with Gasteiger partial charge in [-0.3, -0.25) is 9.11 Å². The normalized spacial score (nSPS) is 9.79. The van der Waals surface area contributed by atoms with Crippen molar-refractivity contribution < 1.29 is 66.8 Å². The smallest absolute Gasteiger partial charge is 0.706 e. The molecule has 0 aliphatic rings. The van der Waals surface area contributed by atoms with E-state index in [2.05, 4.69) is 12.1 Å².